The van der Waals surface area contributed by atoms with Crippen molar-refractivity contribution >= 4 is 28.8 Å². The summed E-state index contributed by atoms with van der Waals surface area (Å²) >= 11 is 0. The zero-order chi connectivity index (χ0) is 17.9. The largest absolute Gasteiger partial charge is 0.392 e. The number of carbonyl (C=O) groups excluding carboxylic acids is 1. The number of aliphatic hydroxyl groups is 1. The lowest BCUT2D eigenvalue weighted by molar-refractivity contribution is -0.116. The molecule has 0 aliphatic rings. The number of pyridine rings is 1. The number of amides is 1. The van der Waals surface area contributed by atoms with Crippen molar-refractivity contribution in [2.24, 2.45) is 0 Å². The van der Waals surface area contributed by atoms with Crippen LogP contribution in [0.5, 0.6) is 0 Å². The van der Waals surface area contributed by atoms with Crippen LogP contribution in [0.4, 0.5) is 22.9 Å². The van der Waals surface area contributed by atoms with Gasteiger partial charge in [-0.25, -0.2) is 4.98 Å². The zero-order valence-electron chi connectivity index (χ0n) is 14.8. The van der Waals surface area contributed by atoms with Crippen molar-refractivity contribution in [3.8, 4) is 0 Å². The summed E-state index contributed by atoms with van der Waals surface area (Å²) in [6.07, 6.45) is 1.69. The van der Waals surface area contributed by atoms with Crippen LogP contribution in [0.2, 0.25) is 0 Å². The maximum atomic E-state index is 11.6. The second-order valence-corrected chi connectivity index (χ2v) is 5.96. The van der Waals surface area contributed by atoms with Crippen LogP contribution in [0.25, 0.3) is 0 Å². The van der Waals surface area contributed by atoms with Crippen LogP contribution in [0.3, 0.4) is 0 Å². The van der Waals surface area contributed by atoms with Gasteiger partial charge in [0.15, 0.2) is 0 Å². The normalized spacial score (nSPS) is 10.4. The Labute approximate surface area is 142 Å². The molecule has 1 heterocycles. The molecule has 0 saturated carbocycles. The number of nitrogens with zero attached hydrogens (tertiary/aromatic N) is 3. The Balaban J connectivity index is 2.35. The molecule has 128 valence electrons. The molecule has 6 nitrogen and oxygen atoms in total. The first-order valence-corrected chi connectivity index (χ1v) is 7.72. The van der Waals surface area contributed by atoms with E-state index in [0.717, 1.165) is 28.2 Å². The monoisotopic (exact) mass is 328 g/mol. The van der Waals surface area contributed by atoms with Gasteiger partial charge in [0.2, 0.25) is 5.91 Å². The van der Waals surface area contributed by atoms with E-state index in [4.69, 9.17) is 0 Å². The molecule has 2 aromatic rings. The lowest BCUT2D eigenvalue weighted by Crippen LogP contribution is -2.25. The number of aliphatic hydroxyl groups excluding tert-OH is 1. The second kappa shape index (κ2) is 7.31. The third kappa shape index (κ3) is 3.83. The highest BCUT2D eigenvalue weighted by Crippen LogP contribution is 2.30. The predicted octanol–water partition coefficient (Wildman–Crippen LogP) is 2.67. The molecule has 2 rings (SSSR count). The summed E-state index contributed by atoms with van der Waals surface area (Å²) in [5, 5.41) is 12.5. The van der Waals surface area contributed by atoms with Gasteiger partial charge in [-0.05, 0) is 24.1 Å². The minimum atomic E-state index is -0.0453. The van der Waals surface area contributed by atoms with Crippen LogP contribution < -0.4 is 15.1 Å². The summed E-state index contributed by atoms with van der Waals surface area (Å²) < 4.78 is 0. The summed E-state index contributed by atoms with van der Waals surface area (Å²) in [6, 6.07) is 7.65. The Morgan fingerprint density at radius 2 is 1.92 bits per heavy atom. The zero-order valence-corrected chi connectivity index (χ0v) is 14.8. The van der Waals surface area contributed by atoms with Gasteiger partial charge in [0.25, 0.3) is 0 Å². The summed E-state index contributed by atoms with van der Waals surface area (Å²) in [7, 11) is 5.59. The standard InChI is InChI=1S/C18H24N4O2/c1-12-8-14(11-23)6-7-15(12)20-18-9-16(21(3)4)17(10-19-18)22(5)13(2)24/h6-10,23H,11H2,1-5H3,(H,19,20). The van der Waals surface area contributed by atoms with Crippen molar-refractivity contribution in [1.29, 1.82) is 0 Å². The lowest BCUT2D eigenvalue weighted by atomic mass is 10.1. The van der Waals surface area contributed by atoms with Gasteiger partial charge in [-0.2, -0.15) is 0 Å². The number of hydrogen-bond donors (Lipinski definition) is 2. The minimum absolute atomic E-state index is 0.0240. The molecule has 1 amide bonds. The third-order valence-corrected chi connectivity index (χ3v) is 3.91. The smallest absolute Gasteiger partial charge is 0.223 e. The van der Waals surface area contributed by atoms with E-state index in [0.29, 0.717) is 5.82 Å². The number of aromatic nitrogens is 1. The van der Waals surface area contributed by atoms with Gasteiger partial charge in [-0.3, -0.25) is 4.79 Å². The highest BCUT2D eigenvalue weighted by Gasteiger charge is 2.14. The fourth-order valence-electron chi connectivity index (χ4n) is 2.39. The molecule has 0 saturated heterocycles. The molecule has 0 fully saturated rings. The molecule has 1 aromatic carbocycles. The predicted molar refractivity (Wildman–Crippen MR) is 98.0 cm³/mol. The van der Waals surface area contributed by atoms with Crippen molar-refractivity contribution in [2.45, 2.75) is 20.5 Å². The molecule has 0 aliphatic carbocycles. The first-order valence-electron chi connectivity index (χ1n) is 7.72. The van der Waals surface area contributed by atoms with Gasteiger partial charge >= 0.3 is 0 Å². The van der Waals surface area contributed by atoms with Gasteiger partial charge in [0, 0.05) is 39.8 Å². The van der Waals surface area contributed by atoms with E-state index < -0.39 is 0 Å². The number of hydrogen-bond acceptors (Lipinski definition) is 5. The van der Waals surface area contributed by atoms with Crippen LogP contribution >= 0.6 is 0 Å². The van der Waals surface area contributed by atoms with Gasteiger partial charge in [0.05, 0.1) is 24.2 Å². The molecule has 0 radical (unpaired) electrons. The molecule has 0 spiro atoms. The van der Waals surface area contributed by atoms with Gasteiger partial charge in [0.1, 0.15) is 5.82 Å². The molecule has 0 aliphatic heterocycles. The summed E-state index contributed by atoms with van der Waals surface area (Å²) in [4.78, 5) is 19.6. The van der Waals surface area contributed by atoms with Gasteiger partial charge < -0.3 is 20.2 Å². The quantitative estimate of drug-likeness (QED) is 0.883. The summed E-state index contributed by atoms with van der Waals surface area (Å²) in [5.41, 5.74) is 4.48. The number of anilines is 4. The Bertz CT molecular complexity index is 744. The third-order valence-electron chi connectivity index (χ3n) is 3.91. The average Bonchev–Trinajstić information content (AvgIpc) is 2.55. The molecular weight excluding hydrogens is 304 g/mol. The molecule has 0 unspecified atom stereocenters. The molecule has 6 heteroatoms. The van der Waals surface area contributed by atoms with Crippen LogP contribution in [0.15, 0.2) is 30.5 Å². The molecule has 0 atom stereocenters. The first-order chi connectivity index (χ1) is 11.3. The molecule has 0 bridgehead atoms. The van der Waals surface area contributed by atoms with Crippen LogP contribution in [-0.2, 0) is 11.4 Å². The molecule has 2 N–H and O–H groups in total. The van der Waals surface area contributed by atoms with Crippen molar-refractivity contribution in [3.05, 3.63) is 41.6 Å². The van der Waals surface area contributed by atoms with E-state index in [-0.39, 0.29) is 12.5 Å². The minimum Gasteiger partial charge on any atom is -0.392 e. The Hall–Kier alpha value is -2.60. The molecular formula is C18H24N4O2. The second-order valence-electron chi connectivity index (χ2n) is 5.96. The van der Waals surface area contributed by atoms with Crippen LogP contribution in [0.1, 0.15) is 18.1 Å². The number of rotatable bonds is 5. The number of benzene rings is 1. The fourth-order valence-corrected chi connectivity index (χ4v) is 2.39. The van der Waals surface area contributed by atoms with Crippen molar-refractivity contribution in [2.75, 3.05) is 36.3 Å². The van der Waals surface area contributed by atoms with Crippen LogP contribution in [-0.4, -0.2) is 37.1 Å². The number of carbonyl (C=O) groups is 1. The maximum absolute atomic E-state index is 11.6. The van der Waals surface area contributed by atoms with E-state index in [1.807, 2.05) is 50.2 Å². The van der Waals surface area contributed by atoms with Gasteiger partial charge in [-0.15, -0.1) is 0 Å². The molecule has 1 aromatic heterocycles. The highest BCUT2D eigenvalue weighted by molar-refractivity contribution is 5.95. The van der Waals surface area contributed by atoms with E-state index in [9.17, 15) is 9.90 Å². The van der Waals surface area contributed by atoms with E-state index in [2.05, 4.69) is 10.3 Å². The highest BCUT2D eigenvalue weighted by atomic mass is 16.3. The van der Waals surface area contributed by atoms with E-state index in [1.165, 1.54) is 6.92 Å². The maximum Gasteiger partial charge on any atom is 0.223 e. The Morgan fingerprint density at radius 3 is 2.46 bits per heavy atom. The topological polar surface area (TPSA) is 68.7 Å². The SMILES string of the molecule is CC(=O)N(C)c1cnc(Nc2ccc(CO)cc2C)cc1N(C)C. The average molecular weight is 328 g/mol. The van der Waals surface area contributed by atoms with E-state index >= 15 is 0 Å². The van der Waals surface area contributed by atoms with Crippen molar-refractivity contribution in [3.63, 3.8) is 0 Å². The lowest BCUT2D eigenvalue weighted by Gasteiger charge is -2.24. The summed E-state index contributed by atoms with van der Waals surface area (Å²) in [5.74, 6) is 0.648. The fraction of sp³-hybridized carbons (Fsp3) is 0.333. The first kappa shape index (κ1) is 17.7. The van der Waals surface area contributed by atoms with Crippen molar-refractivity contribution < 1.29 is 9.90 Å². The van der Waals surface area contributed by atoms with Crippen LogP contribution in [0, 0.1) is 6.92 Å². The van der Waals surface area contributed by atoms with E-state index in [1.54, 1.807) is 18.1 Å². The molecule has 24 heavy (non-hydrogen) atoms. The number of aryl methyl sites for hydroxylation is 1. The van der Waals surface area contributed by atoms with Gasteiger partial charge in [-0.1, -0.05) is 12.1 Å². The Morgan fingerprint density at radius 1 is 1.21 bits per heavy atom. The number of nitrogens with one attached hydrogen (secondary N) is 1. The van der Waals surface area contributed by atoms with Crippen molar-refractivity contribution in [1.82, 2.24) is 4.98 Å². The summed E-state index contributed by atoms with van der Waals surface area (Å²) in [6.45, 7) is 3.53. The Kier molecular flexibility index (Phi) is 5.41.